The third-order valence-corrected chi connectivity index (χ3v) is 2.96. The zero-order chi connectivity index (χ0) is 9.84. The number of hydrogen-bond donors (Lipinski definition) is 1. The Hall–Kier alpha value is -0.0300. The van der Waals surface area contributed by atoms with Gasteiger partial charge in [0.1, 0.15) is 0 Å². The van der Waals surface area contributed by atoms with Gasteiger partial charge in [-0.1, -0.05) is 30.1 Å². The Kier molecular flexibility index (Phi) is 4.25. The standard InChI is InChI=1S/C7H8Cl2N2OS/c1-4(3-12)13-5-2-6(8)10-11-7(5)9/h2,4,12H,3H2,1H3. The molecule has 1 atom stereocenters. The maximum Gasteiger partial charge on any atom is 0.165 e. The lowest BCUT2D eigenvalue weighted by molar-refractivity contribution is 0.300. The Labute approximate surface area is 90.5 Å². The van der Waals surface area contributed by atoms with E-state index in [1.54, 1.807) is 6.07 Å². The van der Waals surface area contributed by atoms with Crippen LogP contribution in [0.25, 0.3) is 0 Å². The van der Waals surface area contributed by atoms with Crippen molar-refractivity contribution in [1.29, 1.82) is 0 Å². The molecule has 0 spiro atoms. The largest absolute Gasteiger partial charge is 0.395 e. The molecule has 0 saturated carbocycles. The van der Waals surface area contributed by atoms with Crippen LogP contribution in [0.4, 0.5) is 0 Å². The zero-order valence-corrected chi connectivity index (χ0v) is 9.20. The van der Waals surface area contributed by atoms with Crippen LogP contribution in [0.5, 0.6) is 0 Å². The van der Waals surface area contributed by atoms with Crippen molar-refractivity contribution in [2.24, 2.45) is 0 Å². The Morgan fingerprint density at radius 2 is 2.23 bits per heavy atom. The van der Waals surface area contributed by atoms with Crippen LogP contribution in [0.15, 0.2) is 11.0 Å². The lowest BCUT2D eigenvalue weighted by atomic mass is 10.5. The summed E-state index contributed by atoms with van der Waals surface area (Å²) in [5.41, 5.74) is 0. The lowest BCUT2D eigenvalue weighted by Crippen LogP contribution is -2.02. The maximum atomic E-state index is 8.82. The van der Waals surface area contributed by atoms with Crippen LogP contribution < -0.4 is 0 Å². The van der Waals surface area contributed by atoms with Crippen molar-refractivity contribution in [1.82, 2.24) is 10.2 Å². The van der Waals surface area contributed by atoms with Gasteiger partial charge in [0.15, 0.2) is 10.3 Å². The normalized spacial score (nSPS) is 12.9. The van der Waals surface area contributed by atoms with Crippen molar-refractivity contribution in [3.05, 3.63) is 16.4 Å². The second kappa shape index (κ2) is 5.00. The van der Waals surface area contributed by atoms with Gasteiger partial charge >= 0.3 is 0 Å². The van der Waals surface area contributed by atoms with Crippen molar-refractivity contribution in [2.75, 3.05) is 6.61 Å². The maximum absolute atomic E-state index is 8.82. The van der Waals surface area contributed by atoms with Crippen molar-refractivity contribution >= 4 is 35.0 Å². The third-order valence-electron chi connectivity index (χ3n) is 1.27. The van der Waals surface area contributed by atoms with E-state index in [2.05, 4.69) is 10.2 Å². The minimum Gasteiger partial charge on any atom is -0.395 e. The van der Waals surface area contributed by atoms with Crippen LogP contribution in [0.1, 0.15) is 6.92 Å². The smallest absolute Gasteiger partial charge is 0.165 e. The number of aromatic nitrogens is 2. The number of thioether (sulfide) groups is 1. The number of halogens is 2. The first-order valence-corrected chi connectivity index (χ1v) is 5.23. The minimum atomic E-state index is 0.0674. The first-order valence-electron chi connectivity index (χ1n) is 3.59. The molecule has 1 heterocycles. The van der Waals surface area contributed by atoms with Crippen LogP contribution in [0.2, 0.25) is 10.3 Å². The molecule has 0 aliphatic carbocycles. The van der Waals surface area contributed by atoms with Crippen LogP contribution in [0, 0.1) is 0 Å². The fraction of sp³-hybridized carbons (Fsp3) is 0.429. The molecular weight excluding hydrogens is 231 g/mol. The predicted octanol–water partition coefficient (Wildman–Crippen LogP) is 2.26. The van der Waals surface area contributed by atoms with E-state index in [0.717, 1.165) is 4.90 Å². The van der Waals surface area contributed by atoms with E-state index >= 15 is 0 Å². The van der Waals surface area contributed by atoms with E-state index in [0.29, 0.717) is 10.3 Å². The van der Waals surface area contributed by atoms with Crippen LogP contribution in [-0.4, -0.2) is 27.2 Å². The molecule has 0 bridgehead atoms. The van der Waals surface area contributed by atoms with Gasteiger partial charge in [0, 0.05) is 5.25 Å². The van der Waals surface area contributed by atoms with E-state index in [-0.39, 0.29) is 11.9 Å². The van der Waals surface area contributed by atoms with E-state index < -0.39 is 0 Å². The van der Waals surface area contributed by atoms with E-state index in [1.807, 2.05) is 6.92 Å². The minimum absolute atomic E-state index is 0.0674. The molecule has 1 aromatic heterocycles. The molecule has 1 rings (SSSR count). The van der Waals surface area contributed by atoms with E-state index in [9.17, 15) is 0 Å². The average molecular weight is 239 g/mol. The Bertz CT molecular complexity index is 298. The van der Waals surface area contributed by atoms with Gasteiger partial charge in [-0.2, -0.15) is 0 Å². The quantitative estimate of drug-likeness (QED) is 0.822. The highest BCUT2D eigenvalue weighted by atomic mass is 35.5. The van der Waals surface area contributed by atoms with Crippen LogP contribution >= 0.6 is 35.0 Å². The molecule has 72 valence electrons. The van der Waals surface area contributed by atoms with Gasteiger partial charge in [-0.3, -0.25) is 0 Å². The van der Waals surface area contributed by atoms with Gasteiger partial charge in [0.05, 0.1) is 11.5 Å². The first-order chi connectivity index (χ1) is 6.13. The van der Waals surface area contributed by atoms with Gasteiger partial charge in [-0.15, -0.1) is 22.0 Å². The molecule has 0 saturated heterocycles. The van der Waals surface area contributed by atoms with E-state index in [1.165, 1.54) is 11.8 Å². The number of aliphatic hydroxyl groups is 1. The summed E-state index contributed by atoms with van der Waals surface area (Å²) in [6, 6.07) is 1.63. The molecule has 0 radical (unpaired) electrons. The molecule has 0 aliphatic heterocycles. The summed E-state index contributed by atoms with van der Waals surface area (Å²) in [4.78, 5) is 0.739. The van der Waals surface area contributed by atoms with Gasteiger partial charge < -0.3 is 5.11 Å². The summed E-state index contributed by atoms with van der Waals surface area (Å²) in [5.74, 6) is 0. The summed E-state index contributed by atoms with van der Waals surface area (Å²) < 4.78 is 0. The second-order valence-electron chi connectivity index (χ2n) is 2.43. The number of nitrogens with zero attached hydrogens (tertiary/aromatic N) is 2. The molecule has 6 heteroatoms. The average Bonchev–Trinajstić information content (AvgIpc) is 2.11. The number of rotatable bonds is 3. The Morgan fingerprint density at radius 1 is 1.54 bits per heavy atom. The molecule has 1 N–H and O–H groups in total. The number of hydrogen-bond acceptors (Lipinski definition) is 4. The van der Waals surface area contributed by atoms with Crippen LogP contribution in [-0.2, 0) is 0 Å². The van der Waals surface area contributed by atoms with Crippen molar-refractivity contribution in [2.45, 2.75) is 17.1 Å². The molecule has 13 heavy (non-hydrogen) atoms. The first kappa shape index (κ1) is 11.0. The fourth-order valence-electron chi connectivity index (χ4n) is 0.674. The predicted molar refractivity (Wildman–Crippen MR) is 54.5 cm³/mol. The van der Waals surface area contributed by atoms with Crippen LogP contribution in [0.3, 0.4) is 0 Å². The van der Waals surface area contributed by atoms with Gasteiger partial charge in [0.25, 0.3) is 0 Å². The van der Waals surface area contributed by atoms with E-state index in [4.69, 9.17) is 28.3 Å². The molecule has 1 aromatic rings. The monoisotopic (exact) mass is 238 g/mol. The summed E-state index contributed by atoms with van der Waals surface area (Å²) in [5, 5.41) is 16.7. The Balaban J connectivity index is 2.81. The zero-order valence-electron chi connectivity index (χ0n) is 6.87. The van der Waals surface area contributed by atoms with Crippen molar-refractivity contribution in [3.8, 4) is 0 Å². The number of aliphatic hydroxyl groups excluding tert-OH is 1. The topological polar surface area (TPSA) is 46.0 Å². The summed E-state index contributed by atoms with van der Waals surface area (Å²) in [6.07, 6.45) is 0. The highest BCUT2D eigenvalue weighted by Gasteiger charge is 2.08. The van der Waals surface area contributed by atoms with Crippen molar-refractivity contribution < 1.29 is 5.11 Å². The van der Waals surface area contributed by atoms with Gasteiger partial charge in [-0.05, 0) is 6.07 Å². The highest BCUT2D eigenvalue weighted by molar-refractivity contribution is 8.00. The summed E-state index contributed by atoms with van der Waals surface area (Å²) in [6.45, 7) is 1.97. The van der Waals surface area contributed by atoms with Gasteiger partial charge in [0.2, 0.25) is 0 Å². The van der Waals surface area contributed by atoms with Gasteiger partial charge in [-0.25, -0.2) is 0 Å². The Morgan fingerprint density at radius 3 is 2.85 bits per heavy atom. The molecule has 0 amide bonds. The molecule has 0 fully saturated rings. The summed E-state index contributed by atoms with van der Waals surface area (Å²) >= 11 is 12.8. The highest BCUT2D eigenvalue weighted by Crippen LogP contribution is 2.29. The second-order valence-corrected chi connectivity index (χ2v) is 4.66. The lowest BCUT2D eigenvalue weighted by Gasteiger charge is -2.07. The SMILES string of the molecule is CC(CO)Sc1cc(Cl)nnc1Cl. The fourth-order valence-corrected chi connectivity index (χ4v) is 1.94. The third kappa shape index (κ3) is 3.31. The molecule has 0 aromatic carbocycles. The molecule has 0 aliphatic rings. The molecular formula is C7H8Cl2N2OS. The summed E-state index contributed by atoms with van der Waals surface area (Å²) in [7, 11) is 0. The van der Waals surface area contributed by atoms with Crippen molar-refractivity contribution in [3.63, 3.8) is 0 Å². The molecule has 1 unspecified atom stereocenters. The molecule has 3 nitrogen and oxygen atoms in total.